The molecule has 4 atom stereocenters. The lowest BCUT2D eigenvalue weighted by molar-refractivity contribution is 0.0124. The van der Waals surface area contributed by atoms with Crippen LogP contribution in [0.3, 0.4) is 0 Å². The molecule has 0 saturated carbocycles. The van der Waals surface area contributed by atoms with Crippen LogP contribution in [0.4, 0.5) is 0 Å². The van der Waals surface area contributed by atoms with Gasteiger partial charge in [0.2, 0.25) is 0 Å². The number of hydrogen-bond donors (Lipinski definition) is 1. The molecule has 1 aliphatic heterocycles. The van der Waals surface area contributed by atoms with Crippen molar-refractivity contribution in [1.29, 1.82) is 0 Å². The molecule has 0 bridgehead atoms. The molecule has 1 aliphatic rings. The largest absolute Gasteiger partial charge is 0.379 e. The Morgan fingerprint density at radius 3 is 2.33 bits per heavy atom. The fraction of sp³-hybridized carbons (Fsp3) is 0.867. The van der Waals surface area contributed by atoms with Crippen LogP contribution < -0.4 is 5.32 Å². The van der Waals surface area contributed by atoms with Gasteiger partial charge in [0.15, 0.2) is 0 Å². The van der Waals surface area contributed by atoms with Crippen LogP contribution in [-0.4, -0.2) is 49.3 Å². The molecule has 3 nitrogen and oxygen atoms in total. The van der Waals surface area contributed by atoms with Gasteiger partial charge in [0.25, 0.3) is 0 Å². The lowest BCUT2D eigenvalue weighted by Gasteiger charge is -2.37. The summed E-state index contributed by atoms with van der Waals surface area (Å²) < 4.78 is 5.41. The highest BCUT2D eigenvalue weighted by Gasteiger charge is 2.23. The van der Waals surface area contributed by atoms with Crippen molar-refractivity contribution in [3.63, 3.8) is 0 Å². The summed E-state index contributed by atoms with van der Waals surface area (Å²) in [5.41, 5.74) is 0. The van der Waals surface area contributed by atoms with E-state index in [1.807, 2.05) is 6.08 Å². The molecule has 1 rings (SSSR count). The Bertz CT molecular complexity index is 239. The molecule has 0 aromatic rings. The Balaban J connectivity index is 2.37. The highest BCUT2D eigenvalue weighted by atomic mass is 16.5. The van der Waals surface area contributed by atoms with Crippen molar-refractivity contribution in [3.8, 4) is 0 Å². The molecule has 0 amide bonds. The summed E-state index contributed by atoms with van der Waals surface area (Å²) in [4.78, 5) is 2.52. The van der Waals surface area contributed by atoms with E-state index >= 15 is 0 Å². The summed E-state index contributed by atoms with van der Waals surface area (Å²) in [5.74, 6) is 0.641. The molecular formula is C15H30N2O. The van der Waals surface area contributed by atoms with Crippen LogP contribution in [-0.2, 0) is 4.74 Å². The third-order valence-corrected chi connectivity index (χ3v) is 4.26. The summed E-state index contributed by atoms with van der Waals surface area (Å²) in [6.45, 7) is 16.8. The molecule has 3 heteroatoms. The number of nitrogens with one attached hydrogen (secondary N) is 1. The molecule has 0 spiro atoms. The van der Waals surface area contributed by atoms with Crippen LogP contribution >= 0.6 is 0 Å². The molecular weight excluding hydrogens is 224 g/mol. The van der Waals surface area contributed by atoms with E-state index in [4.69, 9.17) is 4.74 Å². The van der Waals surface area contributed by atoms with E-state index in [9.17, 15) is 0 Å². The first-order valence-electron chi connectivity index (χ1n) is 7.25. The topological polar surface area (TPSA) is 24.5 Å². The van der Waals surface area contributed by atoms with E-state index in [1.54, 1.807) is 0 Å². The molecule has 0 radical (unpaired) electrons. The monoisotopic (exact) mass is 254 g/mol. The minimum atomic E-state index is 0.505. The van der Waals surface area contributed by atoms with Gasteiger partial charge in [-0.3, -0.25) is 4.90 Å². The number of hydrogen-bond acceptors (Lipinski definition) is 3. The SMILES string of the molecule is C=CC[C@H](C)[C@H](C)N[C@H](C)[C@@H](C)N1CCOCC1. The zero-order valence-corrected chi connectivity index (χ0v) is 12.5. The normalized spacial score (nSPS) is 24.2. The van der Waals surface area contributed by atoms with Gasteiger partial charge in [-0.05, 0) is 33.1 Å². The smallest absolute Gasteiger partial charge is 0.0594 e. The van der Waals surface area contributed by atoms with E-state index < -0.39 is 0 Å². The third-order valence-electron chi connectivity index (χ3n) is 4.26. The molecule has 0 unspecified atom stereocenters. The molecule has 1 N–H and O–H groups in total. The number of morpholine rings is 1. The van der Waals surface area contributed by atoms with Crippen molar-refractivity contribution in [2.24, 2.45) is 5.92 Å². The predicted molar refractivity (Wildman–Crippen MR) is 77.9 cm³/mol. The highest BCUT2D eigenvalue weighted by Crippen LogP contribution is 2.12. The minimum absolute atomic E-state index is 0.505. The summed E-state index contributed by atoms with van der Waals surface area (Å²) in [7, 11) is 0. The summed E-state index contributed by atoms with van der Waals surface area (Å²) >= 11 is 0. The average Bonchev–Trinajstić information content (AvgIpc) is 2.39. The van der Waals surface area contributed by atoms with Gasteiger partial charge in [0.1, 0.15) is 0 Å². The summed E-state index contributed by atoms with van der Waals surface area (Å²) in [6.07, 6.45) is 3.09. The van der Waals surface area contributed by atoms with Crippen molar-refractivity contribution in [2.45, 2.75) is 52.2 Å². The molecule has 1 saturated heterocycles. The number of rotatable bonds is 7. The molecule has 0 aromatic carbocycles. The maximum atomic E-state index is 5.41. The Morgan fingerprint density at radius 1 is 1.17 bits per heavy atom. The molecule has 1 fully saturated rings. The van der Waals surface area contributed by atoms with E-state index in [0.29, 0.717) is 24.0 Å². The number of nitrogens with zero attached hydrogens (tertiary/aromatic N) is 1. The molecule has 1 heterocycles. The zero-order chi connectivity index (χ0) is 13.5. The summed E-state index contributed by atoms with van der Waals surface area (Å²) in [5, 5.41) is 3.73. The van der Waals surface area contributed by atoms with Crippen LogP contribution in [0.15, 0.2) is 12.7 Å². The lowest BCUT2D eigenvalue weighted by atomic mass is 9.98. The minimum Gasteiger partial charge on any atom is -0.379 e. The van der Waals surface area contributed by atoms with E-state index in [0.717, 1.165) is 32.7 Å². The van der Waals surface area contributed by atoms with Crippen molar-refractivity contribution >= 4 is 0 Å². The van der Waals surface area contributed by atoms with Gasteiger partial charge < -0.3 is 10.1 Å². The van der Waals surface area contributed by atoms with Crippen LogP contribution in [0.5, 0.6) is 0 Å². The fourth-order valence-corrected chi connectivity index (χ4v) is 2.49. The van der Waals surface area contributed by atoms with Gasteiger partial charge >= 0.3 is 0 Å². The molecule has 106 valence electrons. The van der Waals surface area contributed by atoms with Gasteiger partial charge in [-0.15, -0.1) is 6.58 Å². The van der Waals surface area contributed by atoms with E-state index in [2.05, 4.69) is 44.5 Å². The lowest BCUT2D eigenvalue weighted by Crippen LogP contribution is -2.53. The van der Waals surface area contributed by atoms with Crippen LogP contribution in [0.1, 0.15) is 34.1 Å². The molecule has 18 heavy (non-hydrogen) atoms. The second-order valence-corrected chi connectivity index (χ2v) is 5.63. The highest BCUT2D eigenvalue weighted by molar-refractivity contribution is 4.84. The Kier molecular flexibility index (Phi) is 6.90. The Hall–Kier alpha value is -0.380. The fourth-order valence-electron chi connectivity index (χ4n) is 2.49. The van der Waals surface area contributed by atoms with E-state index in [1.165, 1.54) is 0 Å². The number of ether oxygens (including phenoxy) is 1. The van der Waals surface area contributed by atoms with E-state index in [-0.39, 0.29) is 0 Å². The second kappa shape index (κ2) is 7.93. The van der Waals surface area contributed by atoms with Crippen LogP contribution in [0.2, 0.25) is 0 Å². The first-order valence-corrected chi connectivity index (χ1v) is 7.25. The van der Waals surface area contributed by atoms with Crippen LogP contribution in [0.25, 0.3) is 0 Å². The zero-order valence-electron chi connectivity index (χ0n) is 12.5. The first kappa shape index (κ1) is 15.7. The van der Waals surface area contributed by atoms with Gasteiger partial charge in [-0.25, -0.2) is 0 Å². The third kappa shape index (κ3) is 4.71. The van der Waals surface area contributed by atoms with Crippen LogP contribution in [0, 0.1) is 5.92 Å². The summed E-state index contributed by atoms with van der Waals surface area (Å²) in [6, 6.07) is 1.60. The Labute approximate surface area is 113 Å². The van der Waals surface area contributed by atoms with Crippen molar-refractivity contribution in [1.82, 2.24) is 10.2 Å². The quantitative estimate of drug-likeness (QED) is 0.706. The standard InChI is InChI=1S/C15H30N2O/c1-6-7-12(2)13(3)16-14(4)15(5)17-8-10-18-11-9-17/h6,12-16H,1,7-11H2,2-5H3/t12-,13-,14+,15+/m0/s1. The van der Waals surface area contributed by atoms with Gasteiger partial charge in [0.05, 0.1) is 13.2 Å². The molecule has 0 aromatic heterocycles. The first-order chi connectivity index (χ1) is 8.56. The van der Waals surface area contributed by atoms with Gasteiger partial charge in [0, 0.05) is 31.2 Å². The maximum Gasteiger partial charge on any atom is 0.0594 e. The average molecular weight is 254 g/mol. The molecule has 0 aliphatic carbocycles. The van der Waals surface area contributed by atoms with Crippen molar-refractivity contribution < 1.29 is 4.74 Å². The van der Waals surface area contributed by atoms with Gasteiger partial charge in [-0.1, -0.05) is 13.0 Å². The van der Waals surface area contributed by atoms with Gasteiger partial charge in [-0.2, -0.15) is 0 Å². The second-order valence-electron chi connectivity index (χ2n) is 5.63. The Morgan fingerprint density at radius 2 is 1.78 bits per heavy atom. The number of allylic oxidation sites excluding steroid dienone is 1. The van der Waals surface area contributed by atoms with Crippen molar-refractivity contribution in [3.05, 3.63) is 12.7 Å². The maximum absolute atomic E-state index is 5.41. The van der Waals surface area contributed by atoms with Crippen molar-refractivity contribution in [2.75, 3.05) is 26.3 Å². The predicted octanol–water partition coefficient (Wildman–Crippen LogP) is 2.29.